The van der Waals surface area contributed by atoms with Crippen molar-refractivity contribution < 1.29 is 14.2 Å². The highest BCUT2D eigenvalue weighted by Gasteiger charge is 2.18. The molecule has 0 spiro atoms. The van der Waals surface area contributed by atoms with Gasteiger partial charge in [-0.25, -0.2) is 9.67 Å². The van der Waals surface area contributed by atoms with Crippen LogP contribution in [0.25, 0.3) is 17.1 Å². The van der Waals surface area contributed by atoms with E-state index in [1.165, 1.54) is 0 Å². The van der Waals surface area contributed by atoms with Crippen LogP contribution in [0.4, 0.5) is 0 Å². The molecule has 0 fully saturated rings. The van der Waals surface area contributed by atoms with Crippen molar-refractivity contribution in [3.05, 3.63) is 40.9 Å². The molecule has 1 heterocycles. The van der Waals surface area contributed by atoms with Crippen LogP contribution in [0, 0.1) is 0 Å². The lowest BCUT2D eigenvalue weighted by Gasteiger charge is -2.14. The molecule has 2 aromatic carbocycles. The molecular formula is C17H16BrN3O3S. The number of rotatable bonds is 5. The van der Waals surface area contributed by atoms with Crippen molar-refractivity contribution in [3.8, 4) is 34.3 Å². The molecule has 0 aliphatic rings. The van der Waals surface area contributed by atoms with Crippen LogP contribution in [-0.4, -0.2) is 36.1 Å². The van der Waals surface area contributed by atoms with Crippen LogP contribution >= 0.6 is 28.6 Å². The van der Waals surface area contributed by atoms with Gasteiger partial charge in [0.1, 0.15) is 0 Å². The first-order valence-corrected chi connectivity index (χ1v) is 8.53. The molecule has 0 radical (unpaired) electrons. The summed E-state index contributed by atoms with van der Waals surface area (Å²) in [5, 5.41) is 4.75. The fourth-order valence-electron chi connectivity index (χ4n) is 2.46. The SMILES string of the molecule is COc1cc(-c2nc(S)nn2-c2ccc(Br)cc2)cc(OC)c1OC. The number of thiol groups is 1. The molecule has 3 rings (SSSR count). The third-order valence-corrected chi connectivity index (χ3v) is 4.31. The molecule has 0 unspecified atom stereocenters. The Hall–Kier alpha value is -2.19. The highest BCUT2D eigenvalue weighted by atomic mass is 79.9. The van der Waals surface area contributed by atoms with Crippen LogP contribution in [-0.2, 0) is 0 Å². The Balaban J connectivity index is 2.19. The van der Waals surface area contributed by atoms with Crippen LogP contribution < -0.4 is 14.2 Å². The summed E-state index contributed by atoms with van der Waals surface area (Å²) in [6.45, 7) is 0. The topological polar surface area (TPSA) is 58.4 Å². The zero-order valence-corrected chi connectivity index (χ0v) is 16.3. The minimum absolute atomic E-state index is 0.367. The second-order valence-corrected chi connectivity index (χ2v) is 6.35. The zero-order valence-electron chi connectivity index (χ0n) is 13.9. The lowest BCUT2D eigenvalue weighted by atomic mass is 10.1. The number of methoxy groups -OCH3 is 3. The summed E-state index contributed by atoms with van der Waals surface area (Å²) in [6.07, 6.45) is 0. The molecule has 130 valence electrons. The van der Waals surface area contributed by atoms with E-state index >= 15 is 0 Å². The molecule has 0 atom stereocenters. The van der Waals surface area contributed by atoms with Gasteiger partial charge in [0.05, 0.1) is 27.0 Å². The summed E-state index contributed by atoms with van der Waals surface area (Å²) < 4.78 is 18.9. The largest absolute Gasteiger partial charge is 0.493 e. The monoisotopic (exact) mass is 421 g/mol. The average Bonchev–Trinajstić information content (AvgIpc) is 3.02. The summed E-state index contributed by atoms with van der Waals surface area (Å²) in [5.41, 5.74) is 1.63. The van der Waals surface area contributed by atoms with Gasteiger partial charge in [0.25, 0.3) is 0 Å². The average molecular weight is 422 g/mol. The van der Waals surface area contributed by atoms with Gasteiger partial charge in [-0.3, -0.25) is 0 Å². The molecule has 3 aromatic rings. The molecule has 25 heavy (non-hydrogen) atoms. The molecule has 0 N–H and O–H groups in total. The Morgan fingerprint density at radius 1 is 0.960 bits per heavy atom. The number of hydrogen-bond acceptors (Lipinski definition) is 6. The van der Waals surface area contributed by atoms with Crippen LogP contribution in [0.2, 0.25) is 0 Å². The predicted molar refractivity (Wildman–Crippen MR) is 101 cm³/mol. The Morgan fingerprint density at radius 3 is 2.08 bits per heavy atom. The lowest BCUT2D eigenvalue weighted by Crippen LogP contribution is -2.01. The van der Waals surface area contributed by atoms with Gasteiger partial charge >= 0.3 is 0 Å². The van der Waals surface area contributed by atoms with Crippen LogP contribution in [0.3, 0.4) is 0 Å². The lowest BCUT2D eigenvalue weighted by molar-refractivity contribution is 0.324. The van der Waals surface area contributed by atoms with E-state index in [-0.39, 0.29) is 0 Å². The van der Waals surface area contributed by atoms with E-state index in [4.69, 9.17) is 14.2 Å². The summed E-state index contributed by atoms with van der Waals surface area (Å²) in [6, 6.07) is 11.4. The number of aromatic nitrogens is 3. The fourth-order valence-corrected chi connectivity index (χ4v) is 2.91. The Bertz CT molecular complexity index is 872. The summed E-state index contributed by atoms with van der Waals surface area (Å²) in [5.74, 6) is 2.23. The van der Waals surface area contributed by atoms with Gasteiger partial charge in [0.15, 0.2) is 17.3 Å². The highest BCUT2D eigenvalue weighted by Crippen LogP contribution is 2.41. The van der Waals surface area contributed by atoms with Crippen molar-refractivity contribution >= 4 is 28.6 Å². The Kier molecular flexibility index (Phi) is 5.19. The van der Waals surface area contributed by atoms with Gasteiger partial charge in [-0.15, -0.1) is 17.7 Å². The second-order valence-electron chi connectivity index (χ2n) is 5.04. The van der Waals surface area contributed by atoms with Gasteiger partial charge < -0.3 is 14.2 Å². The number of nitrogens with zero attached hydrogens (tertiary/aromatic N) is 3. The maximum absolute atomic E-state index is 5.42. The van der Waals surface area contributed by atoms with E-state index in [1.54, 1.807) is 26.0 Å². The maximum Gasteiger partial charge on any atom is 0.206 e. The number of benzene rings is 2. The van der Waals surface area contributed by atoms with Gasteiger partial charge in [-0.05, 0) is 36.4 Å². The maximum atomic E-state index is 5.42. The van der Waals surface area contributed by atoms with Crippen LogP contribution in [0.15, 0.2) is 46.0 Å². The van der Waals surface area contributed by atoms with Crippen molar-refractivity contribution in [3.63, 3.8) is 0 Å². The first-order valence-electron chi connectivity index (χ1n) is 7.29. The van der Waals surface area contributed by atoms with Crippen molar-refractivity contribution in [1.82, 2.24) is 14.8 Å². The second kappa shape index (κ2) is 7.37. The minimum atomic E-state index is 0.367. The van der Waals surface area contributed by atoms with E-state index in [2.05, 4.69) is 38.6 Å². The van der Waals surface area contributed by atoms with Gasteiger partial charge in [0.2, 0.25) is 10.9 Å². The molecule has 0 aliphatic carbocycles. The van der Waals surface area contributed by atoms with E-state index in [0.29, 0.717) is 28.2 Å². The van der Waals surface area contributed by atoms with Crippen molar-refractivity contribution in [2.24, 2.45) is 0 Å². The van der Waals surface area contributed by atoms with E-state index in [9.17, 15) is 0 Å². The van der Waals surface area contributed by atoms with Crippen molar-refractivity contribution in [2.45, 2.75) is 5.16 Å². The molecule has 8 heteroatoms. The first kappa shape index (κ1) is 17.6. The van der Waals surface area contributed by atoms with Gasteiger partial charge in [-0.1, -0.05) is 15.9 Å². The van der Waals surface area contributed by atoms with Gasteiger partial charge in [0, 0.05) is 10.0 Å². The number of hydrogen-bond donors (Lipinski definition) is 1. The van der Waals surface area contributed by atoms with E-state index in [0.717, 1.165) is 15.7 Å². The third-order valence-electron chi connectivity index (χ3n) is 3.59. The standard InChI is InChI=1S/C17H16BrN3O3S/c1-22-13-8-10(9-14(23-2)15(13)24-3)16-19-17(25)20-21(16)12-6-4-11(18)5-7-12/h4-9H,1-3H3,(H,20,25). The normalized spacial score (nSPS) is 10.6. The van der Waals surface area contributed by atoms with Crippen LogP contribution in [0.5, 0.6) is 17.2 Å². The Morgan fingerprint density at radius 2 is 1.56 bits per heavy atom. The smallest absolute Gasteiger partial charge is 0.206 e. The molecule has 1 aromatic heterocycles. The predicted octanol–water partition coefficient (Wildman–Crippen LogP) is 4.01. The van der Waals surface area contributed by atoms with Crippen molar-refractivity contribution in [2.75, 3.05) is 21.3 Å². The quantitative estimate of drug-likeness (QED) is 0.630. The Labute approximate surface area is 159 Å². The number of ether oxygens (including phenoxy) is 3. The van der Waals surface area contributed by atoms with Crippen LogP contribution in [0.1, 0.15) is 0 Å². The molecule has 0 amide bonds. The summed E-state index contributed by atoms with van der Waals surface area (Å²) in [4.78, 5) is 4.44. The zero-order chi connectivity index (χ0) is 18.0. The van der Waals surface area contributed by atoms with Crippen molar-refractivity contribution in [1.29, 1.82) is 0 Å². The van der Waals surface area contributed by atoms with E-state index in [1.807, 2.05) is 36.4 Å². The molecule has 0 saturated heterocycles. The molecule has 0 bridgehead atoms. The molecular weight excluding hydrogens is 406 g/mol. The van der Waals surface area contributed by atoms with Gasteiger partial charge in [-0.2, -0.15) is 0 Å². The summed E-state index contributed by atoms with van der Waals surface area (Å²) >= 11 is 7.73. The minimum Gasteiger partial charge on any atom is -0.493 e. The molecule has 0 saturated carbocycles. The first-order chi connectivity index (χ1) is 12.1. The third kappa shape index (κ3) is 3.45. The highest BCUT2D eigenvalue weighted by molar-refractivity contribution is 9.10. The number of halogens is 1. The summed E-state index contributed by atoms with van der Waals surface area (Å²) in [7, 11) is 4.71. The fraction of sp³-hybridized carbons (Fsp3) is 0.176. The molecule has 0 aliphatic heterocycles. The van der Waals surface area contributed by atoms with E-state index < -0.39 is 0 Å². The molecule has 6 nitrogen and oxygen atoms in total.